The fraction of sp³-hybridized carbons (Fsp3) is 0.346. The first-order valence-electron chi connectivity index (χ1n) is 11.2. The first-order chi connectivity index (χ1) is 15.9. The summed E-state index contributed by atoms with van der Waals surface area (Å²) >= 11 is 0. The molecular formula is C26H30N2O5. The fourth-order valence-corrected chi connectivity index (χ4v) is 3.98. The van der Waals surface area contributed by atoms with E-state index in [0.717, 1.165) is 11.1 Å². The lowest BCUT2D eigenvalue weighted by Gasteiger charge is -2.17. The zero-order valence-electron chi connectivity index (χ0n) is 19.0. The maximum Gasteiger partial charge on any atom is 0.407 e. The van der Waals surface area contributed by atoms with Crippen molar-refractivity contribution >= 4 is 18.0 Å². The fourth-order valence-electron chi connectivity index (χ4n) is 3.98. The van der Waals surface area contributed by atoms with Crippen molar-refractivity contribution in [1.82, 2.24) is 10.6 Å². The summed E-state index contributed by atoms with van der Waals surface area (Å²) in [7, 11) is 0. The van der Waals surface area contributed by atoms with Gasteiger partial charge in [-0.1, -0.05) is 68.0 Å². The minimum atomic E-state index is -1.01. The number of alkyl carbamates (subject to hydrolysis) is 1. The van der Waals surface area contributed by atoms with Crippen molar-refractivity contribution in [2.45, 2.75) is 32.6 Å². The molecule has 2 aromatic rings. The number of amides is 2. The number of benzene rings is 2. The van der Waals surface area contributed by atoms with Gasteiger partial charge in [0, 0.05) is 31.0 Å². The molecular weight excluding hydrogens is 420 g/mol. The maximum absolute atomic E-state index is 12.3. The van der Waals surface area contributed by atoms with Crippen molar-refractivity contribution in [3.63, 3.8) is 0 Å². The molecule has 0 radical (unpaired) electrons. The summed E-state index contributed by atoms with van der Waals surface area (Å²) in [5, 5.41) is 14.3. The van der Waals surface area contributed by atoms with Gasteiger partial charge in [-0.25, -0.2) is 9.59 Å². The molecule has 0 bridgehead atoms. The van der Waals surface area contributed by atoms with Crippen LogP contribution in [-0.2, 0) is 14.3 Å². The zero-order valence-corrected chi connectivity index (χ0v) is 19.0. The van der Waals surface area contributed by atoms with Crippen LogP contribution in [0, 0.1) is 5.92 Å². The lowest BCUT2D eigenvalue weighted by atomic mass is 9.98. The van der Waals surface area contributed by atoms with Crippen LogP contribution < -0.4 is 10.6 Å². The molecule has 0 saturated heterocycles. The summed E-state index contributed by atoms with van der Waals surface area (Å²) < 4.78 is 5.54. The highest BCUT2D eigenvalue weighted by molar-refractivity contribution is 5.86. The van der Waals surface area contributed by atoms with Gasteiger partial charge in [0.05, 0.1) is 0 Å². The smallest absolute Gasteiger partial charge is 0.407 e. The Labute approximate surface area is 193 Å². The van der Waals surface area contributed by atoms with E-state index in [0.29, 0.717) is 13.0 Å². The lowest BCUT2D eigenvalue weighted by Crippen LogP contribution is -2.34. The topological polar surface area (TPSA) is 105 Å². The maximum atomic E-state index is 12.3. The second kappa shape index (κ2) is 11.3. The molecule has 174 valence electrons. The quantitative estimate of drug-likeness (QED) is 0.473. The summed E-state index contributed by atoms with van der Waals surface area (Å²) in [6, 6.07) is 16.3. The van der Waals surface area contributed by atoms with Gasteiger partial charge < -0.3 is 20.5 Å². The predicted molar refractivity (Wildman–Crippen MR) is 126 cm³/mol. The molecule has 0 aliphatic heterocycles. The zero-order chi connectivity index (χ0) is 23.8. The molecule has 1 atom stereocenters. The van der Waals surface area contributed by atoms with Gasteiger partial charge >= 0.3 is 12.1 Å². The number of hydrogen-bond acceptors (Lipinski definition) is 4. The molecule has 1 unspecified atom stereocenters. The molecule has 0 heterocycles. The van der Waals surface area contributed by atoms with E-state index in [4.69, 9.17) is 9.84 Å². The number of carbonyl (C=O) groups is 3. The van der Waals surface area contributed by atoms with Gasteiger partial charge in [-0.05, 0) is 35.1 Å². The molecule has 0 fully saturated rings. The highest BCUT2D eigenvalue weighted by Crippen LogP contribution is 2.44. The van der Waals surface area contributed by atoms with Crippen molar-refractivity contribution in [2.24, 2.45) is 5.92 Å². The van der Waals surface area contributed by atoms with E-state index < -0.39 is 12.1 Å². The highest BCUT2D eigenvalue weighted by atomic mass is 16.5. The average Bonchev–Trinajstić information content (AvgIpc) is 3.14. The van der Waals surface area contributed by atoms with E-state index in [1.54, 1.807) is 0 Å². The Kier molecular flexibility index (Phi) is 8.24. The molecule has 1 aliphatic rings. The van der Waals surface area contributed by atoms with Crippen molar-refractivity contribution in [3.8, 4) is 11.1 Å². The number of carboxylic acids is 1. The second-order valence-electron chi connectivity index (χ2n) is 8.18. The summed E-state index contributed by atoms with van der Waals surface area (Å²) in [5.74, 6) is -1.25. The summed E-state index contributed by atoms with van der Waals surface area (Å²) in [6.07, 6.45) is 1.90. The standard InChI is InChI=1S/C26H30N2O5/c1-3-18(14-24(29)27-13-12-17(2)25(30)31)15-28-26(32)33-16-23-21-10-6-4-8-19(21)20-9-5-7-11-22(20)23/h4-12,18,23H,3,13-16H2,1-2H3,(H,27,29)(H,28,32)(H,30,31)/b17-12+. The van der Waals surface area contributed by atoms with Gasteiger partial charge in [0.1, 0.15) is 6.61 Å². The molecule has 0 aromatic heterocycles. The van der Waals surface area contributed by atoms with Gasteiger partial charge in [0.15, 0.2) is 0 Å². The predicted octanol–water partition coefficient (Wildman–Crippen LogP) is 4.09. The molecule has 7 nitrogen and oxygen atoms in total. The Morgan fingerprint density at radius 2 is 1.64 bits per heavy atom. The monoisotopic (exact) mass is 450 g/mol. The van der Waals surface area contributed by atoms with Gasteiger partial charge in [0.25, 0.3) is 0 Å². The van der Waals surface area contributed by atoms with E-state index in [9.17, 15) is 14.4 Å². The van der Waals surface area contributed by atoms with E-state index in [-0.39, 0.29) is 42.9 Å². The number of ether oxygens (including phenoxy) is 1. The van der Waals surface area contributed by atoms with Crippen LogP contribution in [0.5, 0.6) is 0 Å². The Balaban J connectivity index is 1.47. The van der Waals surface area contributed by atoms with Gasteiger partial charge in [-0.3, -0.25) is 4.79 Å². The molecule has 1 aliphatic carbocycles. The second-order valence-corrected chi connectivity index (χ2v) is 8.18. The van der Waals surface area contributed by atoms with E-state index in [1.807, 2.05) is 31.2 Å². The lowest BCUT2D eigenvalue weighted by molar-refractivity contribution is -0.132. The van der Waals surface area contributed by atoms with Crippen molar-refractivity contribution < 1.29 is 24.2 Å². The Morgan fingerprint density at radius 3 is 2.21 bits per heavy atom. The molecule has 3 N–H and O–H groups in total. The Morgan fingerprint density at radius 1 is 1.03 bits per heavy atom. The van der Waals surface area contributed by atoms with Gasteiger partial charge in [0.2, 0.25) is 5.91 Å². The Bertz CT molecular complexity index is 1000. The third-order valence-corrected chi connectivity index (χ3v) is 5.97. The number of fused-ring (bicyclic) bond motifs is 3. The van der Waals surface area contributed by atoms with Crippen LogP contribution in [-0.4, -0.2) is 42.8 Å². The molecule has 2 aromatic carbocycles. The van der Waals surface area contributed by atoms with Crippen molar-refractivity contribution in [3.05, 3.63) is 71.3 Å². The Hall–Kier alpha value is -3.61. The van der Waals surface area contributed by atoms with Crippen LogP contribution in [0.25, 0.3) is 11.1 Å². The van der Waals surface area contributed by atoms with Crippen LogP contribution in [0.2, 0.25) is 0 Å². The first kappa shape index (κ1) is 24.0. The molecule has 0 spiro atoms. The minimum absolute atomic E-state index is 0.00165. The normalized spacial score (nSPS) is 13.6. The molecule has 0 saturated carbocycles. The number of nitrogens with one attached hydrogen (secondary N) is 2. The number of hydrogen-bond donors (Lipinski definition) is 3. The average molecular weight is 451 g/mol. The first-order valence-corrected chi connectivity index (χ1v) is 11.2. The number of rotatable bonds is 10. The van der Waals surface area contributed by atoms with Crippen LogP contribution in [0.15, 0.2) is 60.2 Å². The minimum Gasteiger partial charge on any atom is -0.478 e. The van der Waals surface area contributed by atoms with Crippen molar-refractivity contribution in [1.29, 1.82) is 0 Å². The van der Waals surface area contributed by atoms with Crippen LogP contribution in [0.4, 0.5) is 4.79 Å². The molecule has 7 heteroatoms. The highest BCUT2D eigenvalue weighted by Gasteiger charge is 2.29. The third kappa shape index (κ3) is 6.22. The summed E-state index contributed by atoms with van der Waals surface area (Å²) in [5.41, 5.74) is 4.84. The van der Waals surface area contributed by atoms with Crippen LogP contribution in [0.1, 0.15) is 43.7 Å². The van der Waals surface area contributed by atoms with E-state index >= 15 is 0 Å². The molecule has 33 heavy (non-hydrogen) atoms. The van der Waals surface area contributed by atoms with Crippen LogP contribution in [0.3, 0.4) is 0 Å². The number of aliphatic carboxylic acids is 1. The SMILES string of the molecule is CCC(CNC(=O)OCC1c2ccccc2-c2ccccc21)CC(=O)NC/C=C(\C)C(=O)O. The van der Waals surface area contributed by atoms with Crippen molar-refractivity contribution in [2.75, 3.05) is 19.7 Å². The third-order valence-electron chi connectivity index (χ3n) is 5.97. The summed E-state index contributed by atoms with van der Waals surface area (Å²) in [6.45, 7) is 4.15. The molecule has 3 rings (SSSR count). The van der Waals surface area contributed by atoms with E-state index in [1.165, 1.54) is 24.1 Å². The van der Waals surface area contributed by atoms with E-state index in [2.05, 4.69) is 34.9 Å². The van der Waals surface area contributed by atoms with Gasteiger partial charge in [-0.15, -0.1) is 0 Å². The molecule has 2 amide bonds. The van der Waals surface area contributed by atoms with Gasteiger partial charge in [-0.2, -0.15) is 0 Å². The largest absolute Gasteiger partial charge is 0.478 e. The number of carboxylic acid groups (broad SMARTS) is 1. The summed E-state index contributed by atoms with van der Waals surface area (Å²) in [4.78, 5) is 35.2. The number of carbonyl (C=O) groups excluding carboxylic acids is 2. The van der Waals surface area contributed by atoms with Crippen LogP contribution >= 0.6 is 0 Å².